The first-order valence-electron chi connectivity index (χ1n) is 7.08. The molecule has 0 amide bonds. The predicted molar refractivity (Wildman–Crippen MR) is 110 cm³/mol. The minimum atomic E-state index is -0.0870. The minimum absolute atomic E-state index is 0.0870. The van der Waals surface area contributed by atoms with Crippen LogP contribution in [0.5, 0.6) is 0 Å². The maximum atomic E-state index is 5.36. The summed E-state index contributed by atoms with van der Waals surface area (Å²) in [6.07, 6.45) is 7.57. The first kappa shape index (κ1) is 18.2. The third-order valence-corrected chi connectivity index (χ3v) is 4.40. The Labute approximate surface area is 157 Å². The van der Waals surface area contributed by atoms with Crippen molar-refractivity contribution < 1.29 is 0 Å². The molecule has 2 rings (SSSR count). The van der Waals surface area contributed by atoms with Crippen molar-refractivity contribution in [3.63, 3.8) is 0 Å². The van der Waals surface area contributed by atoms with E-state index >= 15 is 0 Å². The van der Waals surface area contributed by atoms with Crippen molar-refractivity contribution in [2.75, 3.05) is 0 Å². The summed E-state index contributed by atoms with van der Waals surface area (Å²) in [5, 5.41) is 7.79. The number of rotatable bonds is 5. The summed E-state index contributed by atoms with van der Waals surface area (Å²) in [5.41, 5.74) is 13.4. The minimum Gasteiger partial charge on any atom is -0.369 e. The first-order chi connectivity index (χ1) is 11.6. The van der Waals surface area contributed by atoms with Crippen LogP contribution in [0.1, 0.15) is 11.1 Å². The van der Waals surface area contributed by atoms with Gasteiger partial charge >= 0.3 is 0 Å². The summed E-state index contributed by atoms with van der Waals surface area (Å²) in [6, 6.07) is 15.8. The molecule has 4 N–H and O–H groups in total. The highest BCUT2D eigenvalue weighted by Crippen LogP contribution is 2.19. The Morgan fingerprint density at radius 1 is 0.750 bits per heavy atom. The normalized spacial score (nSPS) is 10.9. The summed E-state index contributed by atoms with van der Waals surface area (Å²) in [4.78, 5) is 0. The van der Waals surface area contributed by atoms with Gasteiger partial charge in [-0.05, 0) is 35.4 Å². The predicted octanol–water partition coefficient (Wildman–Crippen LogP) is 4.57. The van der Waals surface area contributed by atoms with Gasteiger partial charge in [-0.15, -0.1) is 10.2 Å². The number of hydrogen-bond acceptors (Lipinski definition) is 2. The van der Waals surface area contributed by atoms with Crippen LogP contribution < -0.4 is 11.5 Å². The molecule has 0 aliphatic heterocycles. The Balaban J connectivity index is 2.29. The number of halogens is 2. The van der Waals surface area contributed by atoms with Gasteiger partial charge in [-0.25, -0.2) is 0 Å². The van der Waals surface area contributed by atoms with E-state index in [1.54, 1.807) is 0 Å². The van der Waals surface area contributed by atoms with Crippen LogP contribution in [0.4, 0.5) is 0 Å². The molecule has 6 heteroatoms. The van der Waals surface area contributed by atoms with Crippen molar-refractivity contribution in [2.24, 2.45) is 21.7 Å². The Morgan fingerprint density at radius 2 is 1.21 bits per heavy atom. The second-order valence-corrected chi connectivity index (χ2v) is 6.47. The van der Waals surface area contributed by atoms with Crippen molar-refractivity contribution >= 4 is 55.7 Å². The zero-order valence-corrected chi connectivity index (χ0v) is 15.9. The van der Waals surface area contributed by atoms with Gasteiger partial charge in [0.25, 0.3) is 0 Å². The molecule has 0 heterocycles. The molecule has 2 aromatic rings. The third kappa shape index (κ3) is 5.79. The molecule has 0 unspecified atom stereocenters. The molecule has 0 saturated heterocycles. The maximum Gasteiger partial charge on any atom is 0.211 e. The maximum absolute atomic E-state index is 5.36. The number of allylic oxidation sites excluding steroid dienone is 2. The van der Waals surface area contributed by atoms with Gasteiger partial charge in [0, 0.05) is 8.95 Å². The summed E-state index contributed by atoms with van der Waals surface area (Å²) >= 11 is 7.02. The Hall–Kier alpha value is -2.18. The van der Waals surface area contributed by atoms with Gasteiger partial charge in [0.15, 0.2) is 0 Å². The molecule has 0 fully saturated rings. The zero-order chi connectivity index (χ0) is 17.4. The summed E-state index contributed by atoms with van der Waals surface area (Å²) < 4.78 is 1.99. The van der Waals surface area contributed by atoms with Crippen LogP contribution in [0, 0.1) is 0 Å². The number of nitrogens with zero attached hydrogens (tertiary/aromatic N) is 2. The van der Waals surface area contributed by atoms with Crippen LogP contribution in [-0.4, -0.2) is 11.7 Å². The van der Waals surface area contributed by atoms with Crippen LogP contribution in [-0.2, 0) is 0 Å². The van der Waals surface area contributed by atoms with E-state index in [1.165, 1.54) is 0 Å². The third-order valence-electron chi connectivity index (χ3n) is 2.96. The van der Waals surface area contributed by atoms with Gasteiger partial charge in [0.1, 0.15) is 0 Å². The van der Waals surface area contributed by atoms with Crippen molar-refractivity contribution in [3.05, 3.63) is 80.8 Å². The smallest absolute Gasteiger partial charge is 0.211 e. The standard InChI is InChI=1S/C18H16Br2N4/c19-16-7-3-1-5-13(16)9-11-15(23-24-18(21)22)12-10-14-6-2-4-8-17(14)20/h1-12H,(H4,21,22,24). The molecule has 4 nitrogen and oxygen atoms in total. The zero-order valence-electron chi connectivity index (χ0n) is 12.7. The molecule has 0 bridgehead atoms. The monoisotopic (exact) mass is 446 g/mol. The second kappa shape index (κ2) is 9.20. The van der Waals surface area contributed by atoms with E-state index in [-0.39, 0.29) is 5.96 Å². The average Bonchev–Trinajstić information content (AvgIpc) is 2.56. The van der Waals surface area contributed by atoms with Gasteiger partial charge in [-0.1, -0.05) is 80.4 Å². The van der Waals surface area contributed by atoms with Crippen molar-refractivity contribution in [1.29, 1.82) is 0 Å². The van der Waals surface area contributed by atoms with E-state index in [2.05, 4.69) is 42.1 Å². The van der Waals surface area contributed by atoms with Crippen molar-refractivity contribution in [3.8, 4) is 0 Å². The number of guanidine groups is 1. The molecule has 2 aromatic carbocycles. The number of benzene rings is 2. The molecule has 0 saturated carbocycles. The van der Waals surface area contributed by atoms with E-state index in [4.69, 9.17) is 11.5 Å². The van der Waals surface area contributed by atoms with Crippen LogP contribution in [0.3, 0.4) is 0 Å². The van der Waals surface area contributed by atoms with E-state index in [0.29, 0.717) is 5.71 Å². The highest BCUT2D eigenvalue weighted by Gasteiger charge is 1.97. The Kier molecular flexibility index (Phi) is 6.96. The lowest BCUT2D eigenvalue weighted by Crippen LogP contribution is -2.22. The highest BCUT2D eigenvalue weighted by atomic mass is 79.9. The molecule has 0 atom stereocenters. The van der Waals surface area contributed by atoms with Crippen LogP contribution in [0.2, 0.25) is 0 Å². The van der Waals surface area contributed by atoms with Gasteiger partial charge in [0.2, 0.25) is 5.96 Å². The number of hydrogen-bond donors (Lipinski definition) is 2. The molecular formula is C18H16Br2N4. The fourth-order valence-electron chi connectivity index (χ4n) is 1.81. The lowest BCUT2D eigenvalue weighted by Gasteiger charge is -1.99. The molecule has 24 heavy (non-hydrogen) atoms. The molecule has 0 spiro atoms. The second-order valence-electron chi connectivity index (χ2n) is 4.76. The largest absolute Gasteiger partial charge is 0.369 e. The van der Waals surface area contributed by atoms with Crippen LogP contribution >= 0.6 is 31.9 Å². The van der Waals surface area contributed by atoms with Crippen LogP contribution in [0.15, 0.2) is 79.8 Å². The topological polar surface area (TPSA) is 76.8 Å². The van der Waals surface area contributed by atoms with Crippen LogP contribution in [0.25, 0.3) is 12.2 Å². The van der Waals surface area contributed by atoms with Gasteiger partial charge < -0.3 is 11.5 Å². The summed E-state index contributed by atoms with van der Waals surface area (Å²) in [6.45, 7) is 0. The van der Waals surface area contributed by atoms with Gasteiger partial charge in [-0.3, -0.25) is 0 Å². The molecule has 0 aliphatic carbocycles. The van der Waals surface area contributed by atoms with E-state index in [0.717, 1.165) is 20.1 Å². The Morgan fingerprint density at radius 3 is 1.62 bits per heavy atom. The SMILES string of the molecule is NC(N)=NN=C(C=Cc1ccccc1Br)C=Cc1ccccc1Br. The Bertz CT molecular complexity index is 762. The van der Waals surface area contributed by atoms with E-state index in [9.17, 15) is 0 Å². The van der Waals surface area contributed by atoms with Crippen molar-refractivity contribution in [2.45, 2.75) is 0 Å². The van der Waals surface area contributed by atoms with E-state index < -0.39 is 0 Å². The average molecular weight is 448 g/mol. The van der Waals surface area contributed by atoms with Gasteiger partial charge in [0.05, 0.1) is 5.71 Å². The molecule has 122 valence electrons. The number of nitrogens with two attached hydrogens (primary N) is 2. The lowest BCUT2D eigenvalue weighted by atomic mass is 10.1. The van der Waals surface area contributed by atoms with E-state index in [1.807, 2.05) is 72.8 Å². The molecule has 0 aromatic heterocycles. The van der Waals surface area contributed by atoms with Gasteiger partial charge in [-0.2, -0.15) is 0 Å². The molecule has 0 radical (unpaired) electrons. The molecular weight excluding hydrogens is 432 g/mol. The lowest BCUT2D eigenvalue weighted by molar-refractivity contribution is 1.21. The fraction of sp³-hybridized carbons (Fsp3) is 0. The first-order valence-corrected chi connectivity index (χ1v) is 8.66. The molecule has 0 aliphatic rings. The highest BCUT2D eigenvalue weighted by molar-refractivity contribution is 9.10. The quantitative estimate of drug-likeness (QED) is 0.400. The summed E-state index contributed by atoms with van der Waals surface area (Å²) in [7, 11) is 0. The fourth-order valence-corrected chi connectivity index (χ4v) is 2.64. The summed E-state index contributed by atoms with van der Waals surface area (Å²) in [5.74, 6) is -0.0870. The van der Waals surface area contributed by atoms with Crippen molar-refractivity contribution in [1.82, 2.24) is 0 Å².